The topological polar surface area (TPSA) is 97.2 Å². The van der Waals surface area contributed by atoms with E-state index in [1.807, 2.05) is 31.2 Å². The third-order valence-corrected chi connectivity index (χ3v) is 4.78. The van der Waals surface area contributed by atoms with Gasteiger partial charge in [-0.15, -0.1) is 0 Å². The molecule has 2 aromatic carbocycles. The fourth-order valence-electron chi connectivity index (χ4n) is 2.80. The average molecular weight is 411 g/mol. The molecule has 0 radical (unpaired) electrons. The van der Waals surface area contributed by atoms with E-state index in [4.69, 9.17) is 11.6 Å². The number of carbonyl (C=O) groups is 1. The maximum absolute atomic E-state index is 12.5. The molecule has 3 rings (SSSR count). The van der Waals surface area contributed by atoms with Crippen LogP contribution in [0.2, 0.25) is 5.02 Å². The molecule has 0 bridgehead atoms. The molecule has 0 aliphatic heterocycles. The lowest BCUT2D eigenvalue weighted by atomic mass is 10.1. The summed E-state index contributed by atoms with van der Waals surface area (Å²) in [6, 6.07) is 14.9. The van der Waals surface area contributed by atoms with Crippen LogP contribution in [0.3, 0.4) is 0 Å². The summed E-state index contributed by atoms with van der Waals surface area (Å²) in [5.41, 5.74) is 1.99. The maximum atomic E-state index is 12.5. The van der Waals surface area contributed by atoms with E-state index in [-0.39, 0.29) is 17.3 Å². The number of carbonyl (C=O) groups excluding carboxylic acids is 1. The van der Waals surface area contributed by atoms with Crippen molar-refractivity contribution in [3.05, 3.63) is 98.8 Å². The van der Waals surface area contributed by atoms with Crippen LogP contribution in [0.25, 0.3) is 0 Å². The van der Waals surface area contributed by atoms with Crippen LogP contribution in [0, 0.1) is 10.1 Å². The van der Waals surface area contributed by atoms with Gasteiger partial charge in [-0.25, -0.2) is 0 Å². The Bertz CT molecular complexity index is 1030. The van der Waals surface area contributed by atoms with E-state index >= 15 is 0 Å². The predicted molar refractivity (Wildman–Crippen MR) is 112 cm³/mol. The summed E-state index contributed by atoms with van der Waals surface area (Å²) in [6.45, 7) is 2.15. The van der Waals surface area contributed by atoms with Gasteiger partial charge in [-0.05, 0) is 42.3 Å². The molecule has 1 amide bonds. The predicted octanol–water partition coefficient (Wildman–Crippen LogP) is 4.75. The molecule has 1 heterocycles. The Morgan fingerprint density at radius 3 is 2.69 bits per heavy atom. The molecule has 148 valence electrons. The van der Waals surface area contributed by atoms with Crippen molar-refractivity contribution in [1.29, 1.82) is 0 Å². The van der Waals surface area contributed by atoms with Gasteiger partial charge in [0.05, 0.1) is 11.0 Å². The number of amides is 1. The molecular weight excluding hydrogens is 392 g/mol. The van der Waals surface area contributed by atoms with E-state index < -0.39 is 10.8 Å². The first kappa shape index (κ1) is 20.3. The minimum Gasteiger partial charge on any atom is -0.375 e. The number of benzene rings is 2. The van der Waals surface area contributed by atoms with Crippen molar-refractivity contribution in [1.82, 2.24) is 10.3 Å². The van der Waals surface area contributed by atoms with Gasteiger partial charge in [0.25, 0.3) is 11.6 Å². The largest absolute Gasteiger partial charge is 0.375 e. The molecule has 7 nitrogen and oxygen atoms in total. The average Bonchev–Trinajstić information content (AvgIpc) is 2.73. The number of nitrogens with one attached hydrogen (secondary N) is 2. The molecule has 0 aliphatic rings. The molecule has 1 unspecified atom stereocenters. The Kier molecular flexibility index (Phi) is 6.41. The maximum Gasteiger partial charge on any atom is 0.293 e. The van der Waals surface area contributed by atoms with Crippen LogP contribution in [0.15, 0.2) is 67.0 Å². The third kappa shape index (κ3) is 5.08. The molecule has 2 N–H and O–H groups in total. The van der Waals surface area contributed by atoms with Gasteiger partial charge in [-0.2, -0.15) is 0 Å². The molecule has 0 saturated heterocycles. The number of halogens is 1. The Balaban J connectivity index is 1.76. The summed E-state index contributed by atoms with van der Waals surface area (Å²) in [7, 11) is 0. The number of pyridine rings is 1. The first-order valence-electron chi connectivity index (χ1n) is 8.92. The number of anilines is 1. The Morgan fingerprint density at radius 1 is 1.21 bits per heavy atom. The molecule has 0 aliphatic carbocycles. The zero-order valence-corrected chi connectivity index (χ0v) is 16.4. The minimum atomic E-state index is -0.518. The normalized spacial score (nSPS) is 11.5. The molecule has 3 aromatic rings. The van der Waals surface area contributed by atoms with Crippen molar-refractivity contribution in [2.45, 2.75) is 19.5 Å². The first-order valence-corrected chi connectivity index (χ1v) is 9.30. The van der Waals surface area contributed by atoms with Crippen LogP contribution in [0.1, 0.15) is 34.5 Å². The smallest absolute Gasteiger partial charge is 0.293 e. The molecule has 1 aromatic heterocycles. The fraction of sp³-hybridized carbons (Fsp3) is 0.143. The van der Waals surface area contributed by atoms with Gasteiger partial charge in [-0.3, -0.25) is 19.9 Å². The molecular formula is C21H19ClN4O3. The summed E-state index contributed by atoms with van der Waals surface area (Å²) in [5.74, 6) is -0.401. The van der Waals surface area contributed by atoms with E-state index in [1.165, 1.54) is 12.1 Å². The van der Waals surface area contributed by atoms with Crippen molar-refractivity contribution >= 4 is 28.9 Å². The van der Waals surface area contributed by atoms with Gasteiger partial charge >= 0.3 is 0 Å². The van der Waals surface area contributed by atoms with Gasteiger partial charge in [0.15, 0.2) is 0 Å². The highest BCUT2D eigenvalue weighted by Crippen LogP contribution is 2.27. The highest BCUT2D eigenvalue weighted by atomic mass is 35.5. The lowest BCUT2D eigenvalue weighted by molar-refractivity contribution is -0.384. The quantitative estimate of drug-likeness (QED) is 0.433. The van der Waals surface area contributed by atoms with Crippen LogP contribution in [0.4, 0.5) is 11.4 Å². The number of nitrogens with zero attached hydrogens (tertiary/aromatic N) is 2. The lowest BCUT2D eigenvalue weighted by Crippen LogP contribution is -2.26. The van der Waals surface area contributed by atoms with Crippen LogP contribution in [0.5, 0.6) is 0 Å². The minimum absolute atomic E-state index is 0.182. The molecule has 8 heteroatoms. The molecule has 0 spiro atoms. The molecule has 29 heavy (non-hydrogen) atoms. The fourth-order valence-corrected chi connectivity index (χ4v) is 3.00. The van der Waals surface area contributed by atoms with Crippen molar-refractivity contribution in [2.24, 2.45) is 0 Å². The van der Waals surface area contributed by atoms with E-state index in [1.54, 1.807) is 30.6 Å². The summed E-state index contributed by atoms with van der Waals surface area (Å²) in [6.07, 6.45) is 3.31. The summed E-state index contributed by atoms with van der Waals surface area (Å²) < 4.78 is 0. The second-order valence-corrected chi connectivity index (χ2v) is 6.82. The van der Waals surface area contributed by atoms with Crippen molar-refractivity contribution in [3.63, 3.8) is 0 Å². The molecule has 0 fully saturated rings. The van der Waals surface area contributed by atoms with Gasteiger partial charge in [0.2, 0.25) is 0 Å². The molecule has 0 saturated carbocycles. The third-order valence-electron chi connectivity index (χ3n) is 4.42. The lowest BCUT2D eigenvalue weighted by Gasteiger charge is -2.14. The van der Waals surface area contributed by atoms with E-state index in [2.05, 4.69) is 15.6 Å². The Hall–Kier alpha value is -3.45. The van der Waals surface area contributed by atoms with Crippen LogP contribution >= 0.6 is 11.6 Å². The first-order chi connectivity index (χ1) is 14.0. The van der Waals surface area contributed by atoms with Crippen LogP contribution in [-0.4, -0.2) is 15.8 Å². The number of aromatic nitrogens is 1. The SMILES string of the molecule is CC(NC(=O)c1ccc(NCc2ccccc2Cl)c([N+](=O)[O-])c1)c1cccnc1. The number of rotatable bonds is 7. The van der Waals surface area contributed by atoms with Crippen LogP contribution in [-0.2, 0) is 6.54 Å². The summed E-state index contributed by atoms with van der Waals surface area (Å²) >= 11 is 6.13. The van der Waals surface area contributed by atoms with Crippen LogP contribution < -0.4 is 10.6 Å². The summed E-state index contributed by atoms with van der Waals surface area (Å²) in [5, 5.41) is 17.9. The van der Waals surface area contributed by atoms with Gasteiger partial charge in [0, 0.05) is 35.6 Å². The van der Waals surface area contributed by atoms with E-state index in [9.17, 15) is 14.9 Å². The number of nitro groups is 1. The van der Waals surface area contributed by atoms with E-state index in [0.29, 0.717) is 17.3 Å². The Morgan fingerprint density at radius 2 is 2.00 bits per heavy atom. The van der Waals surface area contributed by atoms with Crippen molar-refractivity contribution < 1.29 is 9.72 Å². The zero-order chi connectivity index (χ0) is 20.8. The molecule has 1 atom stereocenters. The van der Waals surface area contributed by atoms with E-state index in [0.717, 1.165) is 11.1 Å². The summed E-state index contributed by atoms with van der Waals surface area (Å²) in [4.78, 5) is 27.6. The monoisotopic (exact) mass is 410 g/mol. The Labute approximate surface area is 172 Å². The highest BCUT2D eigenvalue weighted by Gasteiger charge is 2.19. The van der Waals surface area contributed by atoms with Crippen molar-refractivity contribution in [3.8, 4) is 0 Å². The number of hydrogen-bond acceptors (Lipinski definition) is 5. The standard InChI is InChI=1S/C21H19ClN4O3/c1-14(16-6-4-10-23-12-16)25-21(27)15-8-9-19(20(11-15)26(28)29)24-13-17-5-2-3-7-18(17)22/h2-12,14,24H,13H2,1H3,(H,25,27). The van der Waals surface area contributed by atoms with Gasteiger partial charge in [0.1, 0.15) is 5.69 Å². The number of hydrogen-bond donors (Lipinski definition) is 2. The second kappa shape index (κ2) is 9.16. The van der Waals surface area contributed by atoms with Gasteiger partial charge < -0.3 is 10.6 Å². The van der Waals surface area contributed by atoms with Gasteiger partial charge in [-0.1, -0.05) is 35.9 Å². The zero-order valence-electron chi connectivity index (χ0n) is 15.6. The second-order valence-electron chi connectivity index (χ2n) is 6.42. The highest BCUT2D eigenvalue weighted by molar-refractivity contribution is 6.31. The van der Waals surface area contributed by atoms with Crippen molar-refractivity contribution in [2.75, 3.05) is 5.32 Å². The number of nitro benzene ring substituents is 1.